The van der Waals surface area contributed by atoms with Gasteiger partial charge in [-0.25, -0.2) is 4.99 Å². The SMILES string of the molecule is O=C(NC(=NCc1ccccc1C(F)(F)F)Nc1cccc(=O)[nH]1)c1ccc(Cl)cc1. The van der Waals surface area contributed by atoms with E-state index in [1.165, 1.54) is 60.7 Å². The van der Waals surface area contributed by atoms with E-state index in [1.807, 2.05) is 0 Å². The molecule has 0 aliphatic rings. The molecule has 3 rings (SSSR count). The van der Waals surface area contributed by atoms with Gasteiger partial charge in [-0.15, -0.1) is 0 Å². The molecule has 0 spiro atoms. The molecule has 0 saturated heterocycles. The zero-order chi connectivity index (χ0) is 22.4. The molecule has 10 heteroatoms. The van der Waals surface area contributed by atoms with E-state index in [0.29, 0.717) is 5.02 Å². The topological polar surface area (TPSA) is 86.3 Å². The van der Waals surface area contributed by atoms with E-state index in [1.54, 1.807) is 0 Å². The molecule has 1 aromatic heterocycles. The van der Waals surface area contributed by atoms with Crippen LogP contribution in [0.2, 0.25) is 5.02 Å². The number of hydrogen-bond donors (Lipinski definition) is 3. The molecule has 31 heavy (non-hydrogen) atoms. The highest BCUT2D eigenvalue weighted by atomic mass is 35.5. The first-order chi connectivity index (χ1) is 14.7. The predicted octanol–water partition coefficient (Wildman–Crippen LogP) is 4.45. The fraction of sp³-hybridized carbons (Fsp3) is 0.0952. The number of aromatic nitrogens is 1. The lowest BCUT2D eigenvalue weighted by atomic mass is 10.1. The monoisotopic (exact) mass is 448 g/mol. The smallest absolute Gasteiger partial charge is 0.312 e. The second kappa shape index (κ2) is 9.48. The number of amides is 1. The van der Waals surface area contributed by atoms with Gasteiger partial charge >= 0.3 is 6.18 Å². The maximum absolute atomic E-state index is 13.2. The van der Waals surface area contributed by atoms with Gasteiger partial charge in [0.25, 0.3) is 5.91 Å². The number of carbonyl (C=O) groups excluding carboxylic acids is 1. The summed E-state index contributed by atoms with van der Waals surface area (Å²) in [5.74, 6) is -0.504. The Balaban J connectivity index is 1.89. The van der Waals surface area contributed by atoms with Crippen LogP contribution in [0, 0.1) is 0 Å². The standard InChI is InChI=1S/C21H16ClF3N4O2/c22-15-10-8-13(9-11-15)19(31)29-20(28-17-6-3-7-18(30)27-17)26-12-14-4-1-2-5-16(14)21(23,24)25/h1-11H,12H2,(H3,26,27,28,29,30,31). The molecule has 3 N–H and O–H groups in total. The number of nitrogens with zero attached hydrogens (tertiary/aromatic N) is 1. The molecule has 0 aliphatic carbocycles. The normalized spacial score (nSPS) is 11.8. The number of alkyl halides is 3. The summed E-state index contributed by atoms with van der Waals surface area (Å²) in [4.78, 5) is 30.7. The first kappa shape index (κ1) is 22.1. The zero-order valence-corrected chi connectivity index (χ0v) is 16.6. The van der Waals surface area contributed by atoms with Crippen molar-refractivity contribution in [1.82, 2.24) is 10.3 Å². The molecule has 2 aromatic carbocycles. The van der Waals surface area contributed by atoms with Crippen molar-refractivity contribution in [2.45, 2.75) is 12.7 Å². The summed E-state index contributed by atoms with van der Waals surface area (Å²) < 4.78 is 39.7. The quantitative estimate of drug-likeness (QED) is 0.407. The van der Waals surface area contributed by atoms with Crippen molar-refractivity contribution >= 4 is 29.3 Å². The number of aromatic amines is 1. The third-order valence-corrected chi connectivity index (χ3v) is 4.34. The first-order valence-corrected chi connectivity index (χ1v) is 9.33. The van der Waals surface area contributed by atoms with Crippen molar-refractivity contribution in [1.29, 1.82) is 0 Å². The predicted molar refractivity (Wildman–Crippen MR) is 112 cm³/mol. The van der Waals surface area contributed by atoms with Gasteiger partial charge in [-0.3, -0.25) is 14.9 Å². The molecule has 0 aliphatic heterocycles. The molecule has 3 aromatic rings. The van der Waals surface area contributed by atoms with Crippen LogP contribution in [0.25, 0.3) is 0 Å². The summed E-state index contributed by atoms with van der Waals surface area (Å²) in [6, 6.07) is 15.3. The van der Waals surface area contributed by atoms with Crippen molar-refractivity contribution < 1.29 is 18.0 Å². The number of benzene rings is 2. The molecule has 6 nitrogen and oxygen atoms in total. The van der Waals surface area contributed by atoms with Gasteiger partial charge in [0.05, 0.1) is 12.1 Å². The van der Waals surface area contributed by atoms with Gasteiger partial charge in [-0.05, 0) is 42.0 Å². The van der Waals surface area contributed by atoms with Gasteiger partial charge in [-0.2, -0.15) is 13.2 Å². The molecule has 0 fully saturated rings. The highest BCUT2D eigenvalue weighted by molar-refractivity contribution is 6.30. The Morgan fingerprint density at radius 3 is 2.39 bits per heavy atom. The maximum atomic E-state index is 13.2. The van der Waals surface area contributed by atoms with Gasteiger partial charge < -0.3 is 10.3 Å². The van der Waals surface area contributed by atoms with Gasteiger partial charge in [0.15, 0.2) is 0 Å². The Morgan fingerprint density at radius 1 is 1.00 bits per heavy atom. The minimum Gasteiger partial charge on any atom is -0.312 e. The minimum atomic E-state index is -4.54. The van der Waals surface area contributed by atoms with Gasteiger partial charge in [-0.1, -0.05) is 35.9 Å². The molecule has 0 bridgehead atoms. The number of H-pyrrole nitrogens is 1. The largest absolute Gasteiger partial charge is 0.416 e. The number of aliphatic imine (C=N–C) groups is 1. The van der Waals surface area contributed by atoms with Crippen LogP contribution in [-0.2, 0) is 12.7 Å². The van der Waals surface area contributed by atoms with E-state index in [2.05, 4.69) is 20.6 Å². The lowest BCUT2D eigenvalue weighted by molar-refractivity contribution is -0.138. The number of nitrogens with one attached hydrogen (secondary N) is 3. The van der Waals surface area contributed by atoms with Crippen molar-refractivity contribution in [2.75, 3.05) is 5.32 Å². The Labute approximate surface area is 179 Å². The van der Waals surface area contributed by atoms with Gasteiger partial charge in [0.1, 0.15) is 5.82 Å². The molecule has 1 amide bonds. The summed E-state index contributed by atoms with van der Waals surface area (Å²) >= 11 is 5.82. The molecule has 1 heterocycles. The Morgan fingerprint density at radius 2 is 1.71 bits per heavy atom. The van der Waals surface area contributed by atoms with Crippen molar-refractivity contribution in [3.63, 3.8) is 0 Å². The van der Waals surface area contributed by atoms with Crippen molar-refractivity contribution in [3.8, 4) is 0 Å². The second-order valence-electron chi connectivity index (χ2n) is 6.33. The molecule has 0 atom stereocenters. The zero-order valence-electron chi connectivity index (χ0n) is 15.8. The van der Waals surface area contributed by atoms with E-state index in [-0.39, 0.29) is 29.4 Å². The number of guanidine groups is 1. The lowest BCUT2D eigenvalue weighted by Crippen LogP contribution is -2.36. The van der Waals surface area contributed by atoms with Crippen LogP contribution >= 0.6 is 11.6 Å². The molecule has 0 saturated carbocycles. The summed E-state index contributed by atoms with van der Waals surface area (Å²) in [5.41, 5.74) is -1.04. The number of carbonyl (C=O) groups is 1. The van der Waals surface area contributed by atoms with Gasteiger partial charge in [0, 0.05) is 16.7 Å². The van der Waals surface area contributed by atoms with Crippen LogP contribution in [0.15, 0.2) is 76.5 Å². The first-order valence-electron chi connectivity index (χ1n) is 8.95. The van der Waals surface area contributed by atoms with Crippen molar-refractivity contribution in [3.05, 3.63) is 98.8 Å². The van der Waals surface area contributed by atoms with E-state index in [4.69, 9.17) is 11.6 Å². The van der Waals surface area contributed by atoms with Crippen LogP contribution < -0.4 is 16.2 Å². The van der Waals surface area contributed by atoms with E-state index >= 15 is 0 Å². The van der Waals surface area contributed by atoms with Gasteiger partial charge in [0.2, 0.25) is 11.5 Å². The molecular weight excluding hydrogens is 433 g/mol. The second-order valence-corrected chi connectivity index (χ2v) is 6.77. The highest BCUT2D eigenvalue weighted by Crippen LogP contribution is 2.32. The Hall–Kier alpha value is -3.59. The summed E-state index contributed by atoms with van der Waals surface area (Å²) in [5, 5.41) is 5.66. The molecule has 0 unspecified atom stereocenters. The number of halogens is 4. The number of pyridine rings is 1. The molecule has 0 radical (unpaired) electrons. The molecular formula is C21H16ClF3N4O2. The minimum absolute atomic E-state index is 0.0726. The van der Waals surface area contributed by atoms with Crippen LogP contribution in [0.1, 0.15) is 21.5 Å². The van der Waals surface area contributed by atoms with E-state index in [9.17, 15) is 22.8 Å². The average molecular weight is 449 g/mol. The van der Waals surface area contributed by atoms with Crippen molar-refractivity contribution in [2.24, 2.45) is 4.99 Å². The Kier molecular flexibility index (Phi) is 6.76. The van der Waals surface area contributed by atoms with Crippen LogP contribution in [0.4, 0.5) is 19.0 Å². The number of hydrogen-bond acceptors (Lipinski definition) is 3. The number of anilines is 1. The fourth-order valence-corrected chi connectivity index (χ4v) is 2.76. The van der Waals surface area contributed by atoms with E-state index < -0.39 is 23.2 Å². The fourth-order valence-electron chi connectivity index (χ4n) is 2.64. The highest BCUT2D eigenvalue weighted by Gasteiger charge is 2.32. The van der Waals surface area contributed by atoms with Crippen LogP contribution in [-0.4, -0.2) is 16.9 Å². The Bertz CT molecular complexity index is 1160. The third kappa shape index (κ3) is 6.19. The average Bonchev–Trinajstić information content (AvgIpc) is 2.72. The summed E-state index contributed by atoms with van der Waals surface area (Å²) in [6.07, 6.45) is -4.54. The summed E-state index contributed by atoms with van der Waals surface area (Å²) in [7, 11) is 0. The third-order valence-electron chi connectivity index (χ3n) is 4.09. The van der Waals surface area contributed by atoms with E-state index in [0.717, 1.165) is 6.07 Å². The summed E-state index contributed by atoms with van der Waals surface area (Å²) in [6.45, 7) is -0.365. The molecule has 160 valence electrons. The maximum Gasteiger partial charge on any atom is 0.416 e. The number of rotatable bonds is 4. The van der Waals surface area contributed by atoms with Crippen LogP contribution in [0.5, 0.6) is 0 Å². The van der Waals surface area contributed by atoms with Crippen LogP contribution in [0.3, 0.4) is 0 Å². The lowest BCUT2D eigenvalue weighted by Gasteiger charge is -2.14.